The summed E-state index contributed by atoms with van der Waals surface area (Å²) >= 11 is 0. The van der Waals surface area contributed by atoms with Gasteiger partial charge < -0.3 is 20.3 Å². The van der Waals surface area contributed by atoms with Crippen LogP contribution in [-0.2, 0) is 0 Å². The summed E-state index contributed by atoms with van der Waals surface area (Å²) in [5.74, 6) is 0.789. The average Bonchev–Trinajstić information content (AvgIpc) is 3.02. The molecule has 2 fully saturated rings. The fraction of sp³-hybridized carbons (Fsp3) is 0.647. The number of hydrogen-bond acceptors (Lipinski definition) is 4. The van der Waals surface area contributed by atoms with Crippen LogP contribution < -0.4 is 15.4 Å². The molecule has 116 valence electrons. The molecule has 4 heteroatoms. The fourth-order valence-corrected chi connectivity index (χ4v) is 3.80. The number of benzene rings is 1. The molecule has 1 aromatic rings. The third-order valence-electron chi connectivity index (χ3n) is 5.01. The number of likely N-dealkylation sites (tertiary alicyclic amines) is 1. The number of rotatable bonds is 3. The molecule has 0 amide bonds. The number of methoxy groups -OCH3 is 1. The fourth-order valence-electron chi connectivity index (χ4n) is 3.80. The lowest BCUT2D eigenvalue weighted by molar-refractivity contribution is 0.208. The van der Waals surface area contributed by atoms with E-state index >= 15 is 0 Å². The van der Waals surface area contributed by atoms with Crippen molar-refractivity contribution in [2.24, 2.45) is 0 Å². The van der Waals surface area contributed by atoms with E-state index in [1.54, 1.807) is 7.11 Å². The number of nitrogens with zero attached hydrogens (tertiary/aromatic N) is 2. The van der Waals surface area contributed by atoms with Crippen LogP contribution in [0.15, 0.2) is 12.1 Å². The highest BCUT2D eigenvalue weighted by molar-refractivity contribution is 5.66. The predicted octanol–water partition coefficient (Wildman–Crippen LogP) is 2.65. The van der Waals surface area contributed by atoms with Gasteiger partial charge in [0.05, 0.1) is 12.8 Å². The Hall–Kier alpha value is -1.42. The Bertz CT molecular complexity index is 489. The molecule has 2 heterocycles. The van der Waals surface area contributed by atoms with Gasteiger partial charge in [0, 0.05) is 30.9 Å². The molecule has 0 bridgehead atoms. The molecule has 21 heavy (non-hydrogen) atoms. The molecule has 1 aromatic carbocycles. The zero-order valence-electron chi connectivity index (χ0n) is 13.3. The molecular formula is C17H27N3O. The van der Waals surface area contributed by atoms with Crippen molar-refractivity contribution in [2.45, 2.75) is 38.6 Å². The van der Waals surface area contributed by atoms with E-state index in [0.717, 1.165) is 30.6 Å². The highest BCUT2D eigenvalue weighted by Gasteiger charge is 2.27. The van der Waals surface area contributed by atoms with E-state index in [4.69, 9.17) is 10.5 Å². The Balaban J connectivity index is 1.69. The van der Waals surface area contributed by atoms with E-state index in [2.05, 4.69) is 22.8 Å². The molecule has 0 saturated carbocycles. The maximum Gasteiger partial charge on any atom is 0.143 e. The van der Waals surface area contributed by atoms with Gasteiger partial charge in [-0.3, -0.25) is 0 Å². The lowest BCUT2D eigenvalue weighted by Crippen LogP contribution is -2.44. The van der Waals surface area contributed by atoms with Crippen molar-refractivity contribution in [2.75, 3.05) is 43.9 Å². The highest BCUT2D eigenvalue weighted by atomic mass is 16.5. The average molecular weight is 289 g/mol. The highest BCUT2D eigenvalue weighted by Crippen LogP contribution is 2.33. The lowest BCUT2D eigenvalue weighted by Gasteiger charge is -2.38. The smallest absolute Gasteiger partial charge is 0.143 e. The van der Waals surface area contributed by atoms with E-state index in [1.165, 1.54) is 50.0 Å². The van der Waals surface area contributed by atoms with Gasteiger partial charge in [0.15, 0.2) is 0 Å². The summed E-state index contributed by atoms with van der Waals surface area (Å²) in [5, 5.41) is 0. The minimum absolute atomic E-state index is 0.728. The number of piperidine rings is 1. The molecule has 2 aliphatic heterocycles. The second-order valence-electron chi connectivity index (χ2n) is 6.34. The molecule has 2 aliphatic rings. The second-order valence-corrected chi connectivity index (χ2v) is 6.34. The Morgan fingerprint density at radius 2 is 1.76 bits per heavy atom. The third-order valence-corrected chi connectivity index (χ3v) is 5.01. The van der Waals surface area contributed by atoms with E-state index in [1.807, 2.05) is 6.07 Å². The zero-order chi connectivity index (χ0) is 14.8. The summed E-state index contributed by atoms with van der Waals surface area (Å²) in [5.41, 5.74) is 9.23. The Kier molecular flexibility index (Phi) is 4.24. The first-order valence-corrected chi connectivity index (χ1v) is 8.12. The maximum atomic E-state index is 5.98. The number of nitrogens with two attached hydrogens (primary N) is 1. The molecule has 0 atom stereocenters. The van der Waals surface area contributed by atoms with E-state index in [9.17, 15) is 0 Å². The molecule has 0 radical (unpaired) electrons. The van der Waals surface area contributed by atoms with Gasteiger partial charge in [0.2, 0.25) is 0 Å². The van der Waals surface area contributed by atoms with Crippen molar-refractivity contribution in [3.63, 3.8) is 0 Å². The number of anilines is 2. The molecule has 0 aliphatic carbocycles. The van der Waals surface area contributed by atoms with Crippen molar-refractivity contribution < 1.29 is 4.74 Å². The van der Waals surface area contributed by atoms with Crippen molar-refractivity contribution in [1.29, 1.82) is 0 Å². The first kappa shape index (κ1) is 14.5. The molecule has 3 rings (SSSR count). The molecule has 2 saturated heterocycles. The van der Waals surface area contributed by atoms with Crippen LogP contribution >= 0.6 is 0 Å². The molecular weight excluding hydrogens is 262 g/mol. The molecule has 0 aromatic heterocycles. The first-order chi connectivity index (χ1) is 10.2. The standard InChI is InChI=1S/C17H27N3O/c1-13-11-15(18)17(21-2)12-16(13)20-9-5-14(6-10-20)19-7-3-4-8-19/h11-12,14H,3-10,18H2,1-2H3. The van der Waals surface area contributed by atoms with Crippen LogP contribution in [-0.4, -0.2) is 44.2 Å². The second kappa shape index (κ2) is 6.14. The van der Waals surface area contributed by atoms with Crippen LogP contribution in [0.4, 0.5) is 11.4 Å². The van der Waals surface area contributed by atoms with Gasteiger partial charge in [0.1, 0.15) is 5.75 Å². The van der Waals surface area contributed by atoms with Gasteiger partial charge in [-0.15, -0.1) is 0 Å². The third kappa shape index (κ3) is 2.95. The van der Waals surface area contributed by atoms with Gasteiger partial charge in [0.25, 0.3) is 0 Å². The van der Waals surface area contributed by atoms with E-state index < -0.39 is 0 Å². The van der Waals surface area contributed by atoms with Crippen LogP contribution in [0.5, 0.6) is 5.75 Å². The number of aryl methyl sites for hydroxylation is 1. The Morgan fingerprint density at radius 1 is 1.10 bits per heavy atom. The predicted molar refractivity (Wildman–Crippen MR) is 88.2 cm³/mol. The SMILES string of the molecule is COc1cc(N2CCC(N3CCCC3)CC2)c(C)cc1N. The minimum atomic E-state index is 0.728. The van der Waals surface area contributed by atoms with Crippen LogP contribution in [0, 0.1) is 6.92 Å². The lowest BCUT2D eigenvalue weighted by atomic mass is 10.0. The molecule has 4 nitrogen and oxygen atoms in total. The van der Waals surface area contributed by atoms with Crippen molar-refractivity contribution in [1.82, 2.24) is 4.90 Å². The minimum Gasteiger partial charge on any atom is -0.495 e. The van der Waals surface area contributed by atoms with Gasteiger partial charge in [-0.1, -0.05) is 0 Å². The summed E-state index contributed by atoms with van der Waals surface area (Å²) in [7, 11) is 1.68. The summed E-state index contributed by atoms with van der Waals surface area (Å²) in [6.45, 7) is 7.01. The van der Waals surface area contributed by atoms with Crippen molar-refractivity contribution >= 4 is 11.4 Å². The number of ether oxygens (including phenoxy) is 1. The summed E-state index contributed by atoms with van der Waals surface area (Å²) < 4.78 is 5.37. The van der Waals surface area contributed by atoms with Crippen LogP contribution in [0.1, 0.15) is 31.2 Å². The number of nitrogen functional groups attached to an aromatic ring is 1. The van der Waals surface area contributed by atoms with Gasteiger partial charge in [-0.05, 0) is 57.3 Å². The van der Waals surface area contributed by atoms with Gasteiger partial charge in [-0.25, -0.2) is 0 Å². The van der Waals surface area contributed by atoms with E-state index in [-0.39, 0.29) is 0 Å². The van der Waals surface area contributed by atoms with Gasteiger partial charge in [-0.2, -0.15) is 0 Å². The number of hydrogen-bond donors (Lipinski definition) is 1. The van der Waals surface area contributed by atoms with Crippen molar-refractivity contribution in [3.8, 4) is 5.75 Å². The summed E-state index contributed by atoms with van der Waals surface area (Å²) in [6, 6.07) is 4.92. The Morgan fingerprint density at radius 3 is 2.38 bits per heavy atom. The molecule has 2 N–H and O–H groups in total. The van der Waals surface area contributed by atoms with E-state index in [0.29, 0.717) is 0 Å². The zero-order valence-corrected chi connectivity index (χ0v) is 13.3. The topological polar surface area (TPSA) is 41.7 Å². The monoisotopic (exact) mass is 289 g/mol. The normalized spacial score (nSPS) is 21.0. The van der Waals surface area contributed by atoms with Crippen molar-refractivity contribution in [3.05, 3.63) is 17.7 Å². The Labute approximate surface area is 127 Å². The van der Waals surface area contributed by atoms with Crippen LogP contribution in [0.3, 0.4) is 0 Å². The first-order valence-electron chi connectivity index (χ1n) is 8.12. The van der Waals surface area contributed by atoms with Crippen LogP contribution in [0.25, 0.3) is 0 Å². The summed E-state index contributed by atoms with van der Waals surface area (Å²) in [6.07, 6.45) is 5.31. The molecule has 0 spiro atoms. The van der Waals surface area contributed by atoms with Crippen LogP contribution in [0.2, 0.25) is 0 Å². The molecule has 0 unspecified atom stereocenters. The van der Waals surface area contributed by atoms with Gasteiger partial charge >= 0.3 is 0 Å². The maximum absolute atomic E-state index is 5.98. The quantitative estimate of drug-likeness (QED) is 0.869. The largest absolute Gasteiger partial charge is 0.495 e. The summed E-state index contributed by atoms with van der Waals surface area (Å²) in [4.78, 5) is 5.18.